The Hall–Kier alpha value is -3.66. The Balaban J connectivity index is 1.68. The molecule has 158 valence electrons. The van der Waals surface area contributed by atoms with Gasteiger partial charge in [-0.2, -0.15) is 5.01 Å². The van der Waals surface area contributed by atoms with Gasteiger partial charge in [-0.15, -0.1) is 11.3 Å². The van der Waals surface area contributed by atoms with Gasteiger partial charge in [0.1, 0.15) is 6.54 Å². The molecule has 1 aromatic carbocycles. The van der Waals surface area contributed by atoms with E-state index in [-0.39, 0.29) is 11.3 Å². The van der Waals surface area contributed by atoms with Gasteiger partial charge in [-0.05, 0) is 36.4 Å². The predicted molar refractivity (Wildman–Crippen MR) is 110 cm³/mol. The van der Waals surface area contributed by atoms with Crippen LogP contribution in [0, 0.1) is 22.0 Å². The molecule has 2 aliphatic rings. The Labute approximate surface area is 180 Å². The minimum Gasteiger partial charge on any atom is -0.291 e. The molecule has 0 spiro atoms. The van der Waals surface area contributed by atoms with Gasteiger partial charge in [0.15, 0.2) is 5.78 Å². The summed E-state index contributed by atoms with van der Waals surface area (Å²) in [6.45, 7) is -0.499. The van der Waals surface area contributed by atoms with Crippen LogP contribution < -0.4 is 0 Å². The van der Waals surface area contributed by atoms with E-state index in [4.69, 9.17) is 0 Å². The molecule has 4 rings (SSSR count). The first-order valence-electron chi connectivity index (χ1n) is 9.54. The summed E-state index contributed by atoms with van der Waals surface area (Å²) in [5.41, 5.74) is -0.179. The van der Waals surface area contributed by atoms with E-state index in [1.165, 1.54) is 23.5 Å². The number of imide groups is 1. The molecule has 0 N–H and O–H groups in total. The number of carbonyl (C=O) groups excluding carboxylic acids is 4. The van der Waals surface area contributed by atoms with Crippen molar-refractivity contribution in [2.45, 2.75) is 12.8 Å². The average Bonchev–Trinajstić information content (AvgIpc) is 3.40. The van der Waals surface area contributed by atoms with Crippen molar-refractivity contribution in [3.63, 3.8) is 0 Å². The first-order valence-corrected chi connectivity index (χ1v) is 10.4. The number of nitro benzene ring substituents is 1. The number of hydrogen-bond donors (Lipinski definition) is 0. The Morgan fingerprint density at radius 2 is 1.68 bits per heavy atom. The fourth-order valence-corrected chi connectivity index (χ4v) is 4.44. The molecular weight excluding hydrogens is 422 g/mol. The Kier molecular flexibility index (Phi) is 5.47. The lowest BCUT2D eigenvalue weighted by Gasteiger charge is -2.29. The summed E-state index contributed by atoms with van der Waals surface area (Å²) in [4.78, 5) is 62.7. The lowest BCUT2D eigenvalue weighted by atomic mass is 9.85. The molecule has 0 radical (unpaired) electrons. The van der Waals surface area contributed by atoms with Crippen molar-refractivity contribution in [3.8, 4) is 0 Å². The number of amides is 3. The number of thiophene rings is 1. The van der Waals surface area contributed by atoms with Crippen molar-refractivity contribution in [1.82, 2.24) is 10.0 Å². The summed E-state index contributed by atoms with van der Waals surface area (Å²) in [7, 11) is 0. The minimum absolute atomic E-state index is 0.0261. The Morgan fingerprint density at radius 3 is 2.19 bits per heavy atom. The summed E-state index contributed by atoms with van der Waals surface area (Å²) in [6, 6.07) is 8.07. The third-order valence-corrected chi connectivity index (χ3v) is 6.29. The van der Waals surface area contributed by atoms with E-state index >= 15 is 0 Å². The number of nitro groups is 1. The van der Waals surface area contributed by atoms with Crippen LogP contribution in [0.5, 0.6) is 0 Å². The van der Waals surface area contributed by atoms with E-state index in [0.29, 0.717) is 17.7 Å². The molecule has 2 atom stereocenters. The standard InChI is InChI=1S/C21H17N3O6S/c25-17(18-6-3-11-31-18)12-22(19(26)13-7-9-14(10-8-13)24(29)30)23-20(27)15-4-1-2-5-16(15)21(23)28/h1-3,6-11,15-16H,4-5,12H2/t15-,16-/m0/s1. The Morgan fingerprint density at radius 1 is 1.06 bits per heavy atom. The second-order valence-electron chi connectivity index (χ2n) is 7.21. The third kappa shape index (κ3) is 3.77. The predicted octanol–water partition coefficient (Wildman–Crippen LogP) is 2.85. The van der Waals surface area contributed by atoms with Crippen molar-refractivity contribution < 1.29 is 24.1 Å². The van der Waals surface area contributed by atoms with E-state index in [2.05, 4.69) is 0 Å². The highest BCUT2D eigenvalue weighted by Gasteiger charge is 2.51. The van der Waals surface area contributed by atoms with Gasteiger partial charge in [0, 0.05) is 17.7 Å². The van der Waals surface area contributed by atoms with Crippen molar-refractivity contribution >= 4 is 40.5 Å². The number of hydrogen-bond acceptors (Lipinski definition) is 7. The molecule has 1 aromatic heterocycles. The van der Waals surface area contributed by atoms with Gasteiger partial charge in [0.25, 0.3) is 23.4 Å². The smallest absolute Gasteiger partial charge is 0.273 e. The van der Waals surface area contributed by atoms with Crippen LogP contribution in [0.3, 0.4) is 0 Å². The molecule has 31 heavy (non-hydrogen) atoms. The number of ketones is 1. The molecule has 1 fully saturated rings. The van der Waals surface area contributed by atoms with Crippen molar-refractivity contribution in [2.75, 3.05) is 6.54 Å². The summed E-state index contributed by atoms with van der Waals surface area (Å²) < 4.78 is 0. The molecule has 2 aromatic rings. The quantitative estimate of drug-likeness (QED) is 0.225. The number of nitrogens with zero attached hydrogens (tertiary/aromatic N) is 3. The summed E-state index contributed by atoms with van der Waals surface area (Å²) in [6.07, 6.45) is 4.44. The normalized spacial score (nSPS) is 19.9. The molecule has 1 aliphatic heterocycles. The molecule has 1 saturated heterocycles. The van der Waals surface area contributed by atoms with Crippen LogP contribution >= 0.6 is 11.3 Å². The monoisotopic (exact) mass is 439 g/mol. The highest BCUT2D eigenvalue weighted by Crippen LogP contribution is 2.36. The third-order valence-electron chi connectivity index (χ3n) is 5.37. The van der Waals surface area contributed by atoms with Crippen LogP contribution in [0.25, 0.3) is 0 Å². The molecule has 0 saturated carbocycles. The zero-order chi connectivity index (χ0) is 22.1. The number of Topliss-reactive ketones (excluding diaryl/α,β-unsaturated/α-hetero) is 1. The van der Waals surface area contributed by atoms with Crippen molar-refractivity contribution in [1.29, 1.82) is 0 Å². The maximum Gasteiger partial charge on any atom is 0.273 e. The highest BCUT2D eigenvalue weighted by atomic mass is 32.1. The highest BCUT2D eigenvalue weighted by molar-refractivity contribution is 7.12. The molecular formula is C21H17N3O6S. The van der Waals surface area contributed by atoms with E-state index in [9.17, 15) is 29.3 Å². The van der Waals surface area contributed by atoms with Gasteiger partial charge >= 0.3 is 0 Å². The van der Waals surface area contributed by atoms with E-state index in [1.54, 1.807) is 17.5 Å². The summed E-state index contributed by atoms with van der Waals surface area (Å²) in [5.74, 6) is -3.35. The lowest BCUT2D eigenvalue weighted by Crippen LogP contribution is -2.52. The van der Waals surface area contributed by atoms with Crippen LogP contribution in [-0.4, -0.2) is 45.0 Å². The number of benzene rings is 1. The van der Waals surface area contributed by atoms with Gasteiger partial charge < -0.3 is 0 Å². The van der Waals surface area contributed by atoms with E-state index < -0.39 is 46.8 Å². The number of fused-ring (bicyclic) bond motifs is 1. The van der Waals surface area contributed by atoms with Gasteiger partial charge in [-0.3, -0.25) is 29.3 Å². The number of hydrazine groups is 1. The lowest BCUT2D eigenvalue weighted by molar-refractivity contribution is -0.384. The van der Waals surface area contributed by atoms with Crippen molar-refractivity contribution in [3.05, 3.63) is 74.5 Å². The molecule has 0 bridgehead atoms. The van der Waals surface area contributed by atoms with Crippen LogP contribution in [0.1, 0.15) is 32.9 Å². The van der Waals surface area contributed by atoms with Crippen molar-refractivity contribution in [2.24, 2.45) is 11.8 Å². The fraction of sp³-hybridized carbons (Fsp3) is 0.238. The van der Waals surface area contributed by atoms with Gasteiger partial charge in [0.2, 0.25) is 0 Å². The number of rotatable bonds is 6. The summed E-state index contributed by atoms with van der Waals surface area (Å²) >= 11 is 1.19. The number of non-ortho nitro benzene ring substituents is 1. The largest absolute Gasteiger partial charge is 0.291 e. The van der Waals surface area contributed by atoms with Crippen LogP contribution in [0.4, 0.5) is 5.69 Å². The van der Waals surface area contributed by atoms with Crippen LogP contribution in [0.15, 0.2) is 53.9 Å². The second-order valence-corrected chi connectivity index (χ2v) is 8.16. The van der Waals surface area contributed by atoms with E-state index in [1.807, 2.05) is 12.2 Å². The second kappa shape index (κ2) is 8.23. The minimum atomic E-state index is -0.756. The molecule has 0 unspecified atom stereocenters. The molecule has 2 heterocycles. The van der Waals surface area contributed by atoms with Gasteiger partial charge in [0.05, 0.1) is 21.6 Å². The molecule has 9 nitrogen and oxygen atoms in total. The van der Waals surface area contributed by atoms with Crippen LogP contribution in [-0.2, 0) is 9.59 Å². The van der Waals surface area contributed by atoms with E-state index in [0.717, 1.165) is 22.2 Å². The maximum absolute atomic E-state index is 13.3. The topological polar surface area (TPSA) is 118 Å². The maximum atomic E-state index is 13.3. The number of allylic oxidation sites excluding steroid dienone is 2. The molecule has 10 heteroatoms. The zero-order valence-electron chi connectivity index (χ0n) is 16.2. The molecule has 1 aliphatic carbocycles. The van der Waals surface area contributed by atoms with Gasteiger partial charge in [-0.1, -0.05) is 18.2 Å². The first kappa shape index (κ1) is 20.6. The zero-order valence-corrected chi connectivity index (χ0v) is 17.0. The number of carbonyl (C=O) groups is 4. The molecule has 3 amide bonds. The first-order chi connectivity index (χ1) is 14.9. The fourth-order valence-electron chi connectivity index (χ4n) is 3.78. The van der Waals surface area contributed by atoms with Crippen LogP contribution in [0.2, 0.25) is 0 Å². The average molecular weight is 439 g/mol. The Bertz CT molecular complexity index is 1070. The van der Waals surface area contributed by atoms with Gasteiger partial charge in [-0.25, -0.2) is 5.01 Å². The SMILES string of the molecule is O=C(CN(C(=O)c1ccc([N+](=O)[O-])cc1)N1C(=O)[C@H]2CC=CC[C@@H]2C1=O)c1cccs1. The summed E-state index contributed by atoms with van der Waals surface area (Å²) in [5, 5.41) is 14.3.